The minimum atomic E-state index is -0.0949. The average molecular weight is 209 g/mol. The summed E-state index contributed by atoms with van der Waals surface area (Å²) in [6.07, 6.45) is 3.53. The molecule has 80 valence electrons. The largest absolute Gasteiger partial charge is 0.504 e. The molecule has 0 aliphatic carbocycles. The number of aromatic hydroxyl groups is 2. The smallest absolute Gasteiger partial charge is 0.256 e. The van der Waals surface area contributed by atoms with Gasteiger partial charge in [0.1, 0.15) is 6.26 Å². The van der Waals surface area contributed by atoms with E-state index in [4.69, 9.17) is 10.2 Å². The van der Waals surface area contributed by atoms with E-state index < -0.39 is 0 Å². The van der Waals surface area contributed by atoms with Crippen LogP contribution in [0.5, 0.6) is 11.5 Å². The first-order chi connectivity index (χ1) is 7.20. The van der Waals surface area contributed by atoms with E-state index in [9.17, 15) is 4.79 Å². The molecule has 2 rings (SSSR count). The van der Waals surface area contributed by atoms with E-state index in [1.807, 2.05) is 0 Å². The Morgan fingerprint density at radius 2 is 1.80 bits per heavy atom. The molecule has 5 heteroatoms. The molecular weight excluding hydrogens is 198 g/mol. The SMILES string of the molecule is O=C1CC=CON1.Oc1ccccc1O. The normalized spacial score (nSPS) is 13.2. The summed E-state index contributed by atoms with van der Waals surface area (Å²) in [5.41, 5.74) is 2.16. The highest BCUT2D eigenvalue weighted by molar-refractivity contribution is 5.76. The van der Waals surface area contributed by atoms with Gasteiger partial charge in [0.2, 0.25) is 0 Å². The van der Waals surface area contributed by atoms with Crippen molar-refractivity contribution in [1.82, 2.24) is 5.48 Å². The Kier molecular flexibility index (Phi) is 4.03. The topological polar surface area (TPSA) is 78.8 Å². The van der Waals surface area contributed by atoms with E-state index in [1.54, 1.807) is 18.2 Å². The molecule has 1 aromatic rings. The van der Waals surface area contributed by atoms with Gasteiger partial charge in [-0.2, -0.15) is 5.48 Å². The maximum Gasteiger partial charge on any atom is 0.256 e. The summed E-state index contributed by atoms with van der Waals surface area (Å²) >= 11 is 0. The van der Waals surface area contributed by atoms with E-state index in [2.05, 4.69) is 10.3 Å². The minimum Gasteiger partial charge on any atom is -0.504 e. The highest BCUT2D eigenvalue weighted by Crippen LogP contribution is 2.21. The fourth-order valence-corrected chi connectivity index (χ4v) is 0.809. The molecule has 0 saturated heterocycles. The molecule has 0 unspecified atom stereocenters. The molecule has 0 atom stereocenters. The zero-order valence-electron chi connectivity index (χ0n) is 7.88. The second-order valence-corrected chi connectivity index (χ2v) is 2.71. The van der Waals surface area contributed by atoms with E-state index in [1.165, 1.54) is 18.4 Å². The van der Waals surface area contributed by atoms with Gasteiger partial charge in [-0.3, -0.25) is 4.79 Å². The summed E-state index contributed by atoms with van der Waals surface area (Å²) < 4.78 is 0. The van der Waals surface area contributed by atoms with Crippen molar-refractivity contribution in [3.05, 3.63) is 36.6 Å². The third-order valence-electron chi connectivity index (χ3n) is 1.52. The lowest BCUT2D eigenvalue weighted by Crippen LogP contribution is -2.22. The van der Waals surface area contributed by atoms with Gasteiger partial charge in [-0.05, 0) is 18.2 Å². The van der Waals surface area contributed by atoms with Gasteiger partial charge in [-0.25, -0.2) is 0 Å². The van der Waals surface area contributed by atoms with Crippen molar-refractivity contribution in [2.24, 2.45) is 0 Å². The molecule has 1 aromatic carbocycles. The zero-order valence-corrected chi connectivity index (χ0v) is 7.88. The number of hydroxylamine groups is 1. The second kappa shape index (κ2) is 5.54. The van der Waals surface area contributed by atoms with Crippen molar-refractivity contribution in [2.75, 3.05) is 0 Å². The molecular formula is C10H11NO4. The maximum atomic E-state index is 10.2. The van der Waals surface area contributed by atoms with Crippen LogP contribution in [-0.2, 0) is 9.63 Å². The zero-order chi connectivity index (χ0) is 11.1. The number of carbonyl (C=O) groups excluding carboxylic acids is 1. The Balaban J connectivity index is 0.000000151. The number of phenols is 2. The number of amides is 1. The first kappa shape index (κ1) is 10.9. The van der Waals surface area contributed by atoms with Gasteiger partial charge in [0.25, 0.3) is 5.91 Å². The number of rotatable bonds is 0. The third kappa shape index (κ3) is 4.04. The highest BCUT2D eigenvalue weighted by Gasteiger charge is 1.98. The number of phenolic OH excluding ortho intramolecular Hbond substituents is 2. The predicted octanol–water partition coefficient (Wildman–Crippen LogP) is 1.05. The molecule has 1 heterocycles. The van der Waals surface area contributed by atoms with Crippen LogP contribution in [0.1, 0.15) is 6.42 Å². The highest BCUT2D eigenvalue weighted by atomic mass is 16.6. The van der Waals surface area contributed by atoms with Crippen LogP contribution in [0.3, 0.4) is 0 Å². The molecule has 0 saturated carbocycles. The standard InChI is InChI=1S/C6H6O2.C4H5NO2/c7-5-3-1-2-4-6(5)8;6-4-2-1-3-7-5-4/h1-4,7-8H;1,3H,2H2,(H,5,6). The number of hydrogen-bond donors (Lipinski definition) is 3. The fourth-order valence-electron chi connectivity index (χ4n) is 0.809. The lowest BCUT2D eigenvalue weighted by atomic mass is 10.3. The lowest BCUT2D eigenvalue weighted by molar-refractivity contribution is -0.130. The fraction of sp³-hybridized carbons (Fsp3) is 0.100. The van der Waals surface area contributed by atoms with Crippen molar-refractivity contribution in [1.29, 1.82) is 0 Å². The molecule has 0 aromatic heterocycles. The van der Waals surface area contributed by atoms with E-state index in [0.29, 0.717) is 6.42 Å². The molecule has 1 aliphatic heterocycles. The molecule has 1 aliphatic rings. The van der Waals surface area contributed by atoms with Gasteiger partial charge in [0.15, 0.2) is 11.5 Å². The van der Waals surface area contributed by atoms with Gasteiger partial charge in [0.05, 0.1) is 6.42 Å². The second-order valence-electron chi connectivity index (χ2n) is 2.71. The summed E-state index contributed by atoms with van der Waals surface area (Å²) in [5.74, 6) is -0.248. The van der Waals surface area contributed by atoms with E-state index >= 15 is 0 Å². The molecule has 1 amide bonds. The van der Waals surface area contributed by atoms with Crippen molar-refractivity contribution >= 4 is 5.91 Å². The van der Waals surface area contributed by atoms with Crippen molar-refractivity contribution < 1.29 is 19.8 Å². The number of hydrogen-bond acceptors (Lipinski definition) is 4. The number of benzene rings is 1. The summed E-state index contributed by atoms with van der Waals surface area (Å²) in [6.45, 7) is 0. The summed E-state index contributed by atoms with van der Waals surface area (Å²) in [5, 5.41) is 17.3. The van der Waals surface area contributed by atoms with Crippen molar-refractivity contribution in [3.63, 3.8) is 0 Å². The van der Waals surface area contributed by atoms with Crippen LogP contribution in [0.2, 0.25) is 0 Å². The average Bonchev–Trinajstić information content (AvgIpc) is 2.25. The van der Waals surface area contributed by atoms with Gasteiger partial charge >= 0.3 is 0 Å². The Morgan fingerprint density at radius 1 is 1.20 bits per heavy atom. The van der Waals surface area contributed by atoms with Gasteiger partial charge in [0, 0.05) is 0 Å². The molecule has 5 nitrogen and oxygen atoms in total. The number of nitrogens with one attached hydrogen (secondary N) is 1. The number of carbonyl (C=O) groups is 1. The van der Waals surface area contributed by atoms with E-state index in [-0.39, 0.29) is 17.4 Å². The molecule has 0 bridgehead atoms. The van der Waals surface area contributed by atoms with Crippen molar-refractivity contribution in [2.45, 2.75) is 6.42 Å². The van der Waals surface area contributed by atoms with Gasteiger partial charge in [-0.1, -0.05) is 12.1 Å². The lowest BCUT2D eigenvalue weighted by Gasteiger charge is -2.03. The van der Waals surface area contributed by atoms with Crippen molar-refractivity contribution in [3.8, 4) is 11.5 Å². The monoisotopic (exact) mass is 209 g/mol. The molecule has 3 N–H and O–H groups in total. The molecule has 15 heavy (non-hydrogen) atoms. The van der Waals surface area contributed by atoms with Gasteiger partial charge < -0.3 is 15.1 Å². The third-order valence-corrected chi connectivity index (χ3v) is 1.52. The Labute approximate surface area is 86.6 Å². The Hall–Kier alpha value is -2.17. The summed E-state index contributed by atoms with van der Waals surface area (Å²) in [6, 6.07) is 6.15. The van der Waals surface area contributed by atoms with Crippen LogP contribution in [0.15, 0.2) is 36.6 Å². The van der Waals surface area contributed by atoms with Crippen LogP contribution in [0, 0.1) is 0 Å². The minimum absolute atomic E-state index is 0.0764. The van der Waals surface area contributed by atoms with Crippen LogP contribution < -0.4 is 5.48 Å². The van der Waals surface area contributed by atoms with Crippen LogP contribution in [0.25, 0.3) is 0 Å². The van der Waals surface area contributed by atoms with Crippen LogP contribution in [-0.4, -0.2) is 16.1 Å². The first-order valence-corrected chi connectivity index (χ1v) is 4.26. The molecule has 0 fully saturated rings. The molecule has 0 spiro atoms. The van der Waals surface area contributed by atoms with Gasteiger partial charge in [-0.15, -0.1) is 0 Å². The maximum absolute atomic E-state index is 10.2. The number of para-hydroxylation sites is 2. The van der Waals surface area contributed by atoms with Crippen LogP contribution in [0.4, 0.5) is 0 Å². The quantitative estimate of drug-likeness (QED) is 0.558. The molecule has 0 radical (unpaired) electrons. The predicted molar refractivity (Wildman–Crippen MR) is 52.8 cm³/mol. The Morgan fingerprint density at radius 3 is 2.07 bits per heavy atom. The summed E-state index contributed by atoms with van der Waals surface area (Å²) in [4.78, 5) is 14.6. The first-order valence-electron chi connectivity index (χ1n) is 4.26. The van der Waals surface area contributed by atoms with Crippen LogP contribution >= 0.6 is 0 Å². The summed E-state index contributed by atoms with van der Waals surface area (Å²) in [7, 11) is 0. The Bertz CT molecular complexity index is 341. The van der Waals surface area contributed by atoms with E-state index in [0.717, 1.165) is 0 Å².